The van der Waals surface area contributed by atoms with Gasteiger partial charge < -0.3 is 16.4 Å². The van der Waals surface area contributed by atoms with Gasteiger partial charge in [0.15, 0.2) is 0 Å². The minimum atomic E-state index is -0.221. The van der Waals surface area contributed by atoms with E-state index in [1.807, 2.05) is 0 Å². The minimum Gasteiger partial charge on any atom is -0.370 e. The summed E-state index contributed by atoms with van der Waals surface area (Å²) in [5.74, 6) is 0.582. The molecule has 1 amide bonds. The van der Waals surface area contributed by atoms with Crippen molar-refractivity contribution in [2.45, 2.75) is 13.0 Å². The SMILES string of the molecule is C=C(C)C(=O)NC(CN)C1=NCCN1. The van der Waals surface area contributed by atoms with Crippen LogP contribution in [0.4, 0.5) is 0 Å². The Bertz CT molecular complexity index is 272. The third-order valence-electron chi connectivity index (χ3n) is 1.96. The minimum absolute atomic E-state index is 0.183. The van der Waals surface area contributed by atoms with Crippen molar-refractivity contribution in [2.24, 2.45) is 10.7 Å². The Hall–Kier alpha value is -1.36. The summed E-state index contributed by atoms with van der Waals surface area (Å²) in [4.78, 5) is 15.5. The first-order valence-corrected chi connectivity index (χ1v) is 4.59. The highest BCUT2D eigenvalue weighted by molar-refractivity contribution is 5.98. The van der Waals surface area contributed by atoms with Crippen LogP contribution in [0, 0.1) is 0 Å². The summed E-state index contributed by atoms with van der Waals surface area (Å²) in [5, 5.41) is 5.83. The van der Waals surface area contributed by atoms with Crippen LogP contribution in [0.5, 0.6) is 0 Å². The molecule has 0 aliphatic carbocycles. The first-order valence-electron chi connectivity index (χ1n) is 4.59. The molecule has 1 rings (SSSR count). The van der Waals surface area contributed by atoms with Crippen LogP contribution in [-0.2, 0) is 4.79 Å². The summed E-state index contributed by atoms with van der Waals surface area (Å²) in [6, 6.07) is -0.221. The lowest BCUT2D eigenvalue weighted by Crippen LogP contribution is -2.49. The van der Waals surface area contributed by atoms with Crippen molar-refractivity contribution in [1.29, 1.82) is 0 Å². The molecule has 1 atom stereocenters. The Morgan fingerprint density at radius 2 is 2.57 bits per heavy atom. The van der Waals surface area contributed by atoms with Crippen LogP contribution in [0.2, 0.25) is 0 Å². The van der Waals surface area contributed by atoms with Gasteiger partial charge >= 0.3 is 0 Å². The Labute approximate surface area is 83.5 Å². The highest BCUT2D eigenvalue weighted by atomic mass is 16.1. The predicted molar refractivity (Wildman–Crippen MR) is 56.1 cm³/mol. The van der Waals surface area contributed by atoms with Gasteiger partial charge in [-0.05, 0) is 6.92 Å². The third kappa shape index (κ3) is 2.56. The normalized spacial score (nSPS) is 16.9. The second-order valence-electron chi connectivity index (χ2n) is 3.24. The van der Waals surface area contributed by atoms with Crippen molar-refractivity contribution in [3.63, 3.8) is 0 Å². The van der Waals surface area contributed by atoms with E-state index < -0.39 is 0 Å². The van der Waals surface area contributed by atoms with E-state index >= 15 is 0 Å². The number of aliphatic imine (C=N–C) groups is 1. The molecule has 0 radical (unpaired) electrons. The average molecular weight is 196 g/mol. The molecule has 0 fully saturated rings. The maximum absolute atomic E-state index is 11.3. The largest absolute Gasteiger partial charge is 0.370 e. The van der Waals surface area contributed by atoms with E-state index in [2.05, 4.69) is 22.2 Å². The maximum Gasteiger partial charge on any atom is 0.246 e. The Morgan fingerprint density at radius 1 is 1.86 bits per heavy atom. The first-order chi connectivity index (χ1) is 6.65. The summed E-state index contributed by atoms with van der Waals surface area (Å²) >= 11 is 0. The standard InChI is InChI=1S/C9H16N4O/c1-6(2)9(14)13-7(5-10)8-11-3-4-12-8/h7H,1,3-5,10H2,2H3,(H,11,12)(H,13,14). The smallest absolute Gasteiger partial charge is 0.246 e. The number of nitrogens with two attached hydrogens (primary N) is 1. The number of hydrogen-bond acceptors (Lipinski definition) is 4. The van der Waals surface area contributed by atoms with Gasteiger partial charge in [0, 0.05) is 18.7 Å². The Kier molecular flexibility index (Phi) is 3.64. The summed E-state index contributed by atoms with van der Waals surface area (Å²) in [6.07, 6.45) is 0. The van der Waals surface area contributed by atoms with Gasteiger partial charge in [0.25, 0.3) is 0 Å². The van der Waals surface area contributed by atoms with E-state index in [-0.39, 0.29) is 11.9 Å². The molecular weight excluding hydrogens is 180 g/mol. The van der Waals surface area contributed by atoms with E-state index in [1.165, 1.54) is 0 Å². The topological polar surface area (TPSA) is 79.5 Å². The Balaban J connectivity index is 2.54. The number of hydrogen-bond donors (Lipinski definition) is 3. The summed E-state index contributed by atoms with van der Waals surface area (Å²) in [7, 11) is 0. The highest BCUT2D eigenvalue weighted by Gasteiger charge is 2.19. The molecule has 1 aliphatic heterocycles. The van der Waals surface area contributed by atoms with E-state index in [1.54, 1.807) is 6.92 Å². The number of amidine groups is 1. The van der Waals surface area contributed by atoms with Gasteiger partial charge in [-0.2, -0.15) is 0 Å². The quantitative estimate of drug-likeness (QED) is 0.505. The fraction of sp³-hybridized carbons (Fsp3) is 0.556. The van der Waals surface area contributed by atoms with E-state index in [4.69, 9.17) is 5.73 Å². The highest BCUT2D eigenvalue weighted by Crippen LogP contribution is 1.94. The zero-order chi connectivity index (χ0) is 10.6. The molecule has 0 bridgehead atoms. The number of rotatable bonds is 4. The maximum atomic E-state index is 11.3. The van der Waals surface area contributed by atoms with E-state index in [0.717, 1.165) is 18.9 Å². The number of nitrogens with one attached hydrogen (secondary N) is 2. The van der Waals surface area contributed by atoms with Gasteiger partial charge in [0.05, 0.1) is 12.6 Å². The molecule has 1 unspecified atom stereocenters. The molecule has 78 valence electrons. The van der Waals surface area contributed by atoms with E-state index in [9.17, 15) is 4.79 Å². The van der Waals surface area contributed by atoms with Crippen molar-refractivity contribution in [3.05, 3.63) is 12.2 Å². The van der Waals surface area contributed by atoms with Crippen LogP contribution < -0.4 is 16.4 Å². The van der Waals surface area contributed by atoms with Crippen LogP contribution in [0.1, 0.15) is 6.92 Å². The molecular formula is C9H16N4O. The lowest BCUT2D eigenvalue weighted by Gasteiger charge is -2.17. The molecule has 1 heterocycles. The van der Waals surface area contributed by atoms with Crippen LogP contribution in [0.3, 0.4) is 0 Å². The second-order valence-corrected chi connectivity index (χ2v) is 3.24. The number of carbonyl (C=O) groups is 1. The molecule has 0 saturated heterocycles. The van der Waals surface area contributed by atoms with Crippen molar-refractivity contribution >= 4 is 11.7 Å². The van der Waals surface area contributed by atoms with Gasteiger partial charge in [0.2, 0.25) is 5.91 Å². The molecule has 5 nitrogen and oxygen atoms in total. The van der Waals surface area contributed by atoms with Gasteiger partial charge in [-0.3, -0.25) is 9.79 Å². The molecule has 0 aromatic heterocycles. The zero-order valence-electron chi connectivity index (χ0n) is 8.34. The van der Waals surface area contributed by atoms with Crippen molar-refractivity contribution in [3.8, 4) is 0 Å². The molecule has 0 saturated carbocycles. The monoisotopic (exact) mass is 196 g/mol. The third-order valence-corrected chi connectivity index (χ3v) is 1.96. The fourth-order valence-electron chi connectivity index (χ4n) is 1.17. The fourth-order valence-corrected chi connectivity index (χ4v) is 1.17. The number of nitrogens with zero attached hydrogens (tertiary/aromatic N) is 1. The first kappa shape index (κ1) is 10.7. The summed E-state index contributed by atoms with van der Waals surface area (Å²) in [5.41, 5.74) is 6.01. The lowest BCUT2D eigenvalue weighted by molar-refractivity contribution is -0.117. The average Bonchev–Trinajstić information content (AvgIpc) is 2.66. The summed E-state index contributed by atoms with van der Waals surface area (Å²) < 4.78 is 0. The molecule has 4 N–H and O–H groups in total. The molecule has 0 spiro atoms. The molecule has 0 aromatic carbocycles. The molecule has 0 aromatic rings. The van der Waals surface area contributed by atoms with Crippen molar-refractivity contribution in [1.82, 2.24) is 10.6 Å². The molecule has 5 heteroatoms. The molecule has 1 aliphatic rings. The lowest BCUT2D eigenvalue weighted by atomic mass is 10.2. The van der Waals surface area contributed by atoms with Crippen molar-refractivity contribution in [2.75, 3.05) is 19.6 Å². The summed E-state index contributed by atoms with van der Waals surface area (Å²) in [6.45, 7) is 7.11. The zero-order valence-corrected chi connectivity index (χ0v) is 8.34. The number of carbonyl (C=O) groups excluding carboxylic acids is 1. The predicted octanol–water partition coefficient (Wildman–Crippen LogP) is -0.992. The van der Waals surface area contributed by atoms with Crippen molar-refractivity contribution < 1.29 is 4.79 Å². The van der Waals surface area contributed by atoms with Crippen LogP contribution in [-0.4, -0.2) is 37.4 Å². The van der Waals surface area contributed by atoms with Gasteiger partial charge in [-0.1, -0.05) is 6.58 Å². The van der Waals surface area contributed by atoms with Gasteiger partial charge in [0.1, 0.15) is 5.84 Å². The van der Waals surface area contributed by atoms with Gasteiger partial charge in [-0.15, -0.1) is 0 Å². The van der Waals surface area contributed by atoms with Crippen LogP contribution >= 0.6 is 0 Å². The molecule has 14 heavy (non-hydrogen) atoms. The van der Waals surface area contributed by atoms with Crippen LogP contribution in [0.25, 0.3) is 0 Å². The Morgan fingerprint density at radius 3 is 3.00 bits per heavy atom. The van der Waals surface area contributed by atoms with E-state index in [0.29, 0.717) is 12.1 Å². The van der Waals surface area contributed by atoms with Crippen LogP contribution in [0.15, 0.2) is 17.1 Å². The van der Waals surface area contributed by atoms with Gasteiger partial charge in [-0.25, -0.2) is 0 Å². The second kappa shape index (κ2) is 4.76. The number of amides is 1.